The van der Waals surface area contributed by atoms with E-state index in [-0.39, 0.29) is 23.8 Å². The molecule has 1 aromatic heterocycles. The molecule has 3 fully saturated rings. The van der Waals surface area contributed by atoms with E-state index in [1.165, 1.54) is 18.4 Å². The van der Waals surface area contributed by atoms with Crippen LogP contribution in [0.4, 0.5) is 0 Å². The van der Waals surface area contributed by atoms with E-state index in [0.29, 0.717) is 17.8 Å². The van der Waals surface area contributed by atoms with Gasteiger partial charge in [0.2, 0.25) is 0 Å². The van der Waals surface area contributed by atoms with Crippen molar-refractivity contribution in [1.29, 1.82) is 0 Å². The van der Waals surface area contributed by atoms with Gasteiger partial charge in [-0.1, -0.05) is 0 Å². The molecule has 1 amide bonds. The molecule has 0 aromatic carbocycles. The lowest BCUT2D eigenvalue weighted by Gasteiger charge is -2.29. The number of methoxy groups -OCH3 is 1. The Balaban J connectivity index is 1.53. The second kappa shape index (κ2) is 5.33. The van der Waals surface area contributed by atoms with E-state index < -0.39 is 0 Å². The summed E-state index contributed by atoms with van der Waals surface area (Å²) in [7, 11) is 1.43. The molecule has 0 spiro atoms. The monoisotopic (exact) mass is 320 g/mol. The van der Waals surface area contributed by atoms with Crippen LogP contribution in [0.1, 0.15) is 53.4 Å². The summed E-state index contributed by atoms with van der Waals surface area (Å²) >= 11 is 1.41. The Morgan fingerprint density at radius 1 is 1.27 bits per heavy atom. The van der Waals surface area contributed by atoms with Gasteiger partial charge >= 0.3 is 5.97 Å². The van der Waals surface area contributed by atoms with E-state index >= 15 is 0 Å². The van der Waals surface area contributed by atoms with Crippen LogP contribution in [0.2, 0.25) is 0 Å². The number of nitrogens with zero attached hydrogens (tertiary/aromatic N) is 1. The second-order valence-electron chi connectivity index (χ2n) is 6.72. The standard InChI is InChI=1S/C16H20N2O3S/c1-21-16(20)11-9-4-5-10(6-9)12(11)18-15(19)14-13(8-2-3-8)17-7-22-14/h7-12H,2-6H2,1H3,(H,18,19)/t9-,10-,11-,12+/m0/s1. The molecule has 0 saturated heterocycles. The van der Waals surface area contributed by atoms with Gasteiger partial charge in [-0.15, -0.1) is 11.3 Å². The highest BCUT2D eigenvalue weighted by Crippen LogP contribution is 2.49. The average Bonchev–Trinajstić information content (AvgIpc) is 2.97. The van der Waals surface area contributed by atoms with E-state index in [0.717, 1.165) is 42.7 Å². The predicted octanol–water partition coefficient (Wildman–Crippen LogP) is 2.34. The van der Waals surface area contributed by atoms with Gasteiger partial charge in [0.05, 0.1) is 24.2 Å². The van der Waals surface area contributed by atoms with Crippen molar-refractivity contribution >= 4 is 23.2 Å². The summed E-state index contributed by atoms with van der Waals surface area (Å²) in [6.45, 7) is 0. The maximum absolute atomic E-state index is 12.7. The molecule has 6 heteroatoms. The lowest BCUT2D eigenvalue weighted by molar-refractivity contribution is -0.148. The smallest absolute Gasteiger partial charge is 0.311 e. The summed E-state index contributed by atoms with van der Waals surface area (Å²) < 4.78 is 4.96. The van der Waals surface area contributed by atoms with Crippen LogP contribution in [-0.2, 0) is 9.53 Å². The first-order valence-corrected chi connectivity index (χ1v) is 8.89. The molecule has 3 saturated carbocycles. The number of carbonyl (C=O) groups excluding carboxylic acids is 2. The maximum Gasteiger partial charge on any atom is 0.311 e. The minimum absolute atomic E-state index is 0.0594. The van der Waals surface area contributed by atoms with Crippen molar-refractivity contribution in [2.75, 3.05) is 7.11 Å². The van der Waals surface area contributed by atoms with E-state index in [4.69, 9.17) is 4.74 Å². The van der Waals surface area contributed by atoms with Crippen LogP contribution in [0, 0.1) is 17.8 Å². The zero-order chi connectivity index (χ0) is 15.3. The molecule has 3 aliphatic carbocycles. The lowest BCUT2D eigenvalue weighted by Crippen LogP contribution is -2.47. The minimum Gasteiger partial charge on any atom is -0.469 e. The number of aromatic nitrogens is 1. The molecule has 5 nitrogen and oxygen atoms in total. The Bertz CT molecular complexity index is 610. The molecule has 3 aliphatic rings. The van der Waals surface area contributed by atoms with E-state index in [9.17, 15) is 9.59 Å². The SMILES string of the molecule is COC(=O)[C@H]1[C@H]2CC[C@@H](C2)[C@H]1NC(=O)c1scnc1C1CC1. The first-order valence-electron chi connectivity index (χ1n) is 8.01. The van der Waals surface area contributed by atoms with Crippen molar-refractivity contribution in [3.8, 4) is 0 Å². The topological polar surface area (TPSA) is 68.3 Å². The Morgan fingerprint density at radius 2 is 2.05 bits per heavy atom. The van der Waals surface area contributed by atoms with Gasteiger partial charge in [-0.3, -0.25) is 9.59 Å². The number of rotatable bonds is 4. The third-order valence-corrected chi connectivity index (χ3v) is 6.29. The van der Waals surface area contributed by atoms with Gasteiger partial charge in [-0.2, -0.15) is 0 Å². The minimum atomic E-state index is -0.177. The van der Waals surface area contributed by atoms with Crippen LogP contribution in [0.3, 0.4) is 0 Å². The van der Waals surface area contributed by atoms with Crippen molar-refractivity contribution in [3.05, 3.63) is 16.1 Å². The van der Waals surface area contributed by atoms with Crippen LogP contribution in [0.5, 0.6) is 0 Å². The molecule has 0 unspecified atom stereocenters. The summed E-state index contributed by atoms with van der Waals surface area (Å²) in [5.74, 6) is 0.830. The highest BCUT2D eigenvalue weighted by Gasteiger charge is 2.52. The molecule has 1 aromatic rings. The molecule has 2 bridgehead atoms. The van der Waals surface area contributed by atoms with Gasteiger partial charge in [0, 0.05) is 12.0 Å². The number of thiazole rings is 1. The molecular formula is C16H20N2O3S. The van der Waals surface area contributed by atoms with Crippen LogP contribution in [0.25, 0.3) is 0 Å². The van der Waals surface area contributed by atoms with Gasteiger partial charge in [0.1, 0.15) is 4.88 Å². The van der Waals surface area contributed by atoms with Gasteiger partial charge in [-0.05, 0) is 43.9 Å². The molecule has 0 radical (unpaired) electrons. The summed E-state index contributed by atoms with van der Waals surface area (Å²) in [4.78, 5) is 29.8. The number of hydrogen-bond donors (Lipinski definition) is 1. The van der Waals surface area contributed by atoms with Crippen molar-refractivity contribution in [2.45, 2.75) is 44.1 Å². The first-order chi connectivity index (χ1) is 10.7. The van der Waals surface area contributed by atoms with Gasteiger partial charge < -0.3 is 10.1 Å². The fraction of sp³-hybridized carbons (Fsp3) is 0.688. The normalized spacial score (nSPS) is 33.0. The number of carbonyl (C=O) groups is 2. The average molecular weight is 320 g/mol. The van der Waals surface area contributed by atoms with Crippen LogP contribution < -0.4 is 5.32 Å². The van der Waals surface area contributed by atoms with Crippen LogP contribution in [0.15, 0.2) is 5.51 Å². The number of ether oxygens (including phenoxy) is 1. The molecule has 1 heterocycles. The highest BCUT2D eigenvalue weighted by molar-refractivity contribution is 7.11. The van der Waals surface area contributed by atoms with Crippen LogP contribution in [-0.4, -0.2) is 30.0 Å². The highest BCUT2D eigenvalue weighted by atomic mass is 32.1. The Hall–Kier alpha value is -1.43. The number of nitrogens with one attached hydrogen (secondary N) is 1. The van der Waals surface area contributed by atoms with Gasteiger partial charge in [-0.25, -0.2) is 4.98 Å². The number of amides is 1. The van der Waals surface area contributed by atoms with Crippen LogP contribution >= 0.6 is 11.3 Å². The lowest BCUT2D eigenvalue weighted by atomic mass is 9.84. The number of fused-ring (bicyclic) bond motifs is 2. The van der Waals surface area contributed by atoms with Crippen molar-refractivity contribution in [3.63, 3.8) is 0 Å². The summed E-state index contributed by atoms with van der Waals surface area (Å²) in [5, 5.41) is 3.13. The molecule has 0 aliphatic heterocycles. The maximum atomic E-state index is 12.7. The Kier molecular flexibility index (Phi) is 3.44. The zero-order valence-corrected chi connectivity index (χ0v) is 13.4. The quantitative estimate of drug-likeness (QED) is 0.865. The van der Waals surface area contributed by atoms with E-state index in [2.05, 4.69) is 10.3 Å². The summed E-state index contributed by atoms with van der Waals surface area (Å²) in [6.07, 6.45) is 5.46. The molecule has 4 atom stereocenters. The largest absolute Gasteiger partial charge is 0.469 e. The number of hydrogen-bond acceptors (Lipinski definition) is 5. The summed E-state index contributed by atoms with van der Waals surface area (Å²) in [5.41, 5.74) is 2.70. The molecule has 1 N–H and O–H groups in total. The number of esters is 1. The van der Waals surface area contributed by atoms with Crippen molar-refractivity contribution in [1.82, 2.24) is 10.3 Å². The summed E-state index contributed by atoms with van der Waals surface area (Å²) in [6, 6.07) is -0.0761. The van der Waals surface area contributed by atoms with Gasteiger partial charge in [0.25, 0.3) is 5.91 Å². The predicted molar refractivity (Wildman–Crippen MR) is 81.7 cm³/mol. The van der Waals surface area contributed by atoms with E-state index in [1.54, 1.807) is 5.51 Å². The molecule has 4 rings (SSSR count). The first kappa shape index (κ1) is 14.2. The molecular weight excluding hydrogens is 300 g/mol. The third kappa shape index (κ3) is 2.24. The fourth-order valence-electron chi connectivity index (χ4n) is 4.26. The second-order valence-corrected chi connectivity index (χ2v) is 7.58. The van der Waals surface area contributed by atoms with Gasteiger partial charge in [0.15, 0.2) is 0 Å². The molecule has 118 valence electrons. The zero-order valence-electron chi connectivity index (χ0n) is 12.6. The Labute approximate surface area is 133 Å². The Morgan fingerprint density at radius 3 is 2.77 bits per heavy atom. The molecule has 22 heavy (non-hydrogen) atoms. The van der Waals surface area contributed by atoms with E-state index in [1.807, 2.05) is 0 Å². The third-order valence-electron chi connectivity index (χ3n) is 5.45. The fourth-order valence-corrected chi connectivity index (χ4v) is 5.04. The van der Waals surface area contributed by atoms with Crippen molar-refractivity contribution < 1.29 is 14.3 Å². The van der Waals surface area contributed by atoms with Crippen molar-refractivity contribution in [2.24, 2.45) is 17.8 Å².